The fraction of sp³-hybridized carbons (Fsp3) is 0.273. The van der Waals surface area contributed by atoms with Crippen molar-refractivity contribution in [3.63, 3.8) is 0 Å². The zero-order chi connectivity index (χ0) is 20.6. The van der Waals surface area contributed by atoms with Crippen LogP contribution < -0.4 is 5.32 Å². The number of halogens is 2. The predicted octanol–water partition coefficient (Wildman–Crippen LogP) is 5.23. The monoisotopic (exact) mass is 398 g/mol. The predicted molar refractivity (Wildman–Crippen MR) is 110 cm³/mol. The third-order valence-electron chi connectivity index (χ3n) is 4.65. The highest BCUT2D eigenvalue weighted by Crippen LogP contribution is 2.19. The van der Waals surface area contributed by atoms with Gasteiger partial charge in [-0.05, 0) is 49.6 Å². The summed E-state index contributed by atoms with van der Waals surface area (Å²) >= 11 is 0. The molecule has 1 aromatic heterocycles. The third kappa shape index (κ3) is 5.88. The summed E-state index contributed by atoms with van der Waals surface area (Å²) in [5.74, 6) is -0.735. The van der Waals surface area contributed by atoms with Crippen molar-refractivity contribution in [1.29, 1.82) is 0 Å². The first-order valence-electron chi connectivity index (χ1n) is 9.60. The Morgan fingerprint density at radius 3 is 2.69 bits per heavy atom. The molecular formula is C22H24F2N4O. The highest BCUT2D eigenvalue weighted by molar-refractivity contribution is 5.89. The Morgan fingerprint density at radius 2 is 1.90 bits per heavy atom. The van der Waals surface area contributed by atoms with Gasteiger partial charge in [0.1, 0.15) is 11.6 Å². The van der Waals surface area contributed by atoms with Crippen LogP contribution in [0.4, 0.5) is 19.3 Å². The maximum Gasteiger partial charge on any atom is 0.321 e. The van der Waals surface area contributed by atoms with E-state index in [0.29, 0.717) is 6.54 Å². The molecule has 0 spiro atoms. The molecule has 0 fully saturated rings. The number of carbonyl (C=O) groups excluding carboxylic acids is 1. The van der Waals surface area contributed by atoms with E-state index in [0.717, 1.165) is 42.6 Å². The number of aryl methyl sites for hydroxylation is 1. The van der Waals surface area contributed by atoms with Crippen LogP contribution in [0.3, 0.4) is 0 Å². The standard InChI is InChI=1S/C22H24F2N4O/c1-28(22(29)25-20-12-5-4-11-19(20)24)13-6-2-3-10-18-15-21(27-26-18)16-8-7-9-17(23)14-16/h4-5,7-9,11-12,14-15H,2-3,6,10,13H2,1H3,(H,25,29)(H,26,27). The molecule has 1 heterocycles. The smallest absolute Gasteiger partial charge is 0.321 e. The number of amides is 2. The topological polar surface area (TPSA) is 61.0 Å². The van der Waals surface area contributed by atoms with Crippen LogP contribution in [0.25, 0.3) is 11.3 Å². The molecule has 0 radical (unpaired) electrons. The number of aromatic nitrogens is 2. The SMILES string of the molecule is CN(CCCCCc1cc(-c2cccc(F)c2)n[nH]1)C(=O)Nc1ccccc1F. The van der Waals surface area contributed by atoms with Crippen molar-refractivity contribution in [2.45, 2.75) is 25.7 Å². The highest BCUT2D eigenvalue weighted by atomic mass is 19.1. The van der Waals surface area contributed by atoms with Crippen LogP contribution >= 0.6 is 0 Å². The summed E-state index contributed by atoms with van der Waals surface area (Å²) in [6, 6.07) is 14.1. The van der Waals surface area contributed by atoms with Gasteiger partial charge in [-0.15, -0.1) is 0 Å². The Bertz CT molecular complexity index is 957. The number of carbonyl (C=O) groups is 1. The Labute approximate surface area is 168 Å². The number of H-pyrrole nitrogens is 1. The second-order valence-electron chi connectivity index (χ2n) is 6.93. The van der Waals surface area contributed by atoms with E-state index in [4.69, 9.17) is 0 Å². The molecule has 0 saturated carbocycles. The number of benzene rings is 2. The summed E-state index contributed by atoms with van der Waals surface area (Å²) in [4.78, 5) is 13.7. The van der Waals surface area contributed by atoms with Crippen LogP contribution in [0, 0.1) is 11.6 Å². The molecule has 0 bridgehead atoms. The Balaban J connectivity index is 1.37. The lowest BCUT2D eigenvalue weighted by Gasteiger charge is -2.18. The van der Waals surface area contributed by atoms with E-state index in [1.807, 2.05) is 12.1 Å². The van der Waals surface area contributed by atoms with Crippen LogP contribution in [0.2, 0.25) is 0 Å². The summed E-state index contributed by atoms with van der Waals surface area (Å²) in [7, 11) is 1.69. The fourth-order valence-corrected chi connectivity index (χ4v) is 3.00. The summed E-state index contributed by atoms with van der Waals surface area (Å²) in [5, 5.41) is 9.80. The van der Waals surface area contributed by atoms with Gasteiger partial charge in [-0.25, -0.2) is 13.6 Å². The molecule has 2 N–H and O–H groups in total. The molecule has 2 amide bonds. The van der Waals surface area contributed by atoms with Crippen molar-refractivity contribution in [2.75, 3.05) is 18.9 Å². The molecule has 5 nitrogen and oxygen atoms in total. The van der Waals surface area contributed by atoms with Crippen LogP contribution in [0.15, 0.2) is 54.6 Å². The Hall–Kier alpha value is -3.22. The van der Waals surface area contributed by atoms with E-state index in [1.165, 1.54) is 24.3 Å². The van der Waals surface area contributed by atoms with Gasteiger partial charge in [0.25, 0.3) is 0 Å². The number of rotatable bonds is 8. The molecule has 0 atom stereocenters. The lowest BCUT2D eigenvalue weighted by atomic mass is 10.1. The van der Waals surface area contributed by atoms with Crippen LogP contribution in [-0.4, -0.2) is 34.7 Å². The van der Waals surface area contributed by atoms with Gasteiger partial charge in [0.05, 0.1) is 11.4 Å². The van der Waals surface area contributed by atoms with Crippen molar-refractivity contribution >= 4 is 11.7 Å². The van der Waals surface area contributed by atoms with Crippen molar-refractivity contribution in [1.82, 2.24) is 15.1 Å². The quantitative estimate of drug-likeness (QED) is 0.510. The number of aromatic amines is 1. The largest absolute Gasteiger partial charge is 0.328 e. The minimum Gasteiger partial charge on any atom is -0.328 e. The number of urea groups is 1. The number of nitrogens with zero attached hydrogens (tertiary/aromatic N) is 2. The van der Waals surface area contributed by atoms with Gasteiger partial charge in [0, 0.05) is 24.8 Å². The zero-order valence-electron chi connectivity index (χ0n) is 16.3. The second kappa shape index (κ2) is 9.82. The van der Waals surface area contributed by atoms with Gasteiger partial charge < -0.3 is 10.2 Å². The number of nitrogens with one attached hydrogen (secondary N) is 2. The van der Waals surface area contributed by atoms with Crippen LogP contribution in [0.5, 0.6) is 0 Å². The summed E-state index contributed by atoms with van der Waals surface area (Å²) in [6.07, 6.45) is 3.54. The number of anilines is 1. The summed E-state index contributed by atoms with van der Waals surface area (Å²) < 4.78 is 26.9. The molecule has 3 aromatic rings. The lowest BCUT2D eigenvalue weighted by molar-refractivity contribution is 0.221. The molecule has 7 heteroatoms. The molecule has 0 aliphatic heterocycles. The van der Waals surface area contributed by atoms with E-state index >= 15 is 0 Å². The van der Waals surface area contributed by atoms with Gasteiger partial charge in [-0.2, -0.15) is 5.10 Å². The lowest BCUT2D eigenvalue weighted by Crippen LogP contribution is -2.32. The average molecular weight is 398 g/mol. The molecule has 29 heavy (non-hydrogen) atoms. The van der Waals surface area contributed by atoms with Gasteiger partial charge in [0.2, 0.25) is 0 Å². The molecule has 2 aromatic carbocycles. The van der Waals surface area contributed by atoms with Gasteiger partial charge in [-0.3, -0.25) is 5.10 Å². The van der Waals surface area contributed by atoms with Crippen molar-refractivity contribution in [3.8, 4) is 11.3 Å². The summed E-state index contributed by atoms with van der Waals surface area (Å²) in [6.45, 7) is 0.581. The van der Waals surface area contributed by atoms with Crippen molar-refractivity contribution in [2.24, 2.45) is 0 Å². The number of hydrogen-bond acceptors (Lipinski definition) is 2. The minimum atomic E-state index is -0.452. The van der Waals surface area contributed by atoms with E-state index in [9.17, 15) is 13.6 Å². The second-order valence-corrected chi connectivity index (χ2v) is 6.93. The maximum atomic E-state index is 13.6. The van der Waals surface area contributed by atoms with E-state index in [-0.39, 0.29) is 17.5 Å². The number of para-hydroxylation sites is 1. The molecular weight excluding hydrogens is 374 g/mol. The van der Waals surface area contributed by atoms with E-state index < -0.39 is 5.82 Å². The third-order valence-corrected chi connectivity index (χ3v) is 4.65. The minimum absolute atomic E-state index is 0.178. The molecule has 3 rings (SSSR count). The first-order chi connectivity index (χ1) is 14.0. The molecule has 152 valence electrons. The Kier molecular flexibility index (Phi) is 6.94. The van der Waals surface area contributed by atoms with E-state index in [1.54, 1.807) is 30.1 Å². The molecule has 0 aliphatic rings. The fourth-order valence-electron chi connectivity index (χ4n) is 3.00. The van der Waals surface area contributed by atoms with Crippen LogP contribution in [0.1, 0.15) is 25.0 Å². The highest BCUT2D eigenvalue weighted by Gasteiger charge is 2.11. The average Bonchev–Trinajstić information content (AvgIpc) is 3.18. The normalized spacial score (nSPS) is 10.7. The van der Waals surface area contributed by atoms with Crippen LogP contribution in [-0.2, 0) is 6.42 Å². The first kappa shape index (κ1) is 20.5. The first-order valence-corrected chi connectivity index (χ1v) is 9.60. The van der Waals surface area contributed by atoms with Gasteiger partial charge >= 0.3 is 6.03 Å². The molecule has 0 unspecified atom stereocenters. The molecule has 0 saturated heterocycles. The van der Waals surface area contributed by atoms with Crippen molar-refractivity contribution < 1.29 is 13.6 Å². The number of hydrogen-bond donors (Lipinski definition) is 2. The Morgan fingerprint density at radius 1 is 1.07 bits per heavy atom. The van der Waals surface area contributed by atoms with E-state index in [2.05, 4.69) is 15.5 Å². The van der Waals surface area contributed by atoms with Gasteiger partial charge in [0.15, 0.2) is 0 Å². The maximum absolute atomic E-state index is 13.6. The zero-order valence-corrected chi connectivity index (χ0v) is 16.3. The molecule has 0 aliphatic carbocycles. The number of unbranched alkanes of at least 4 members (excludes halogenated alkanes) is 2. The van der Waals surface area contributed by atoms with Gasteiger partial charge in [-0.1, -0.05) is 30.7 Å². The van der Waals surface area contributed by atoms with Crippen molar-refractivity contribution in [3.05, 3.63) is 71.9 Å². The summed E-state index contributed by atoms with van der Waals surface area (Å²) in [5.41, 5.74) is 2.65.